The number of thiophene rings is 5. The van der Waals surface area contributed by atoms with Crippen molar-refractivity contribution in [2.75, 3.05) is 59.7 Å². The Labute approximate surface area is 879 Å². The predicted octanol–water partition coefficient (Wildman–Crippen LogP) is 20.1. The molecule has 6 aliphatic rings. The van der Waals surface area contributed by atoms with E-state index in [9.17, 15) is 28.8 Å². The average molecular weight is 2080 g/mol. The molecule has 0 radical (unpaired) electrons. The first-order chi connectivity index (χ1) is 71.5. The fraction of sp³-hybridized carbons (Fsp3) is 0.200. The molecule has 4 aliphatic heterocycles. The standard InChI is InChI=1S/C22H23N3OS.2C20H16N2O3S.C18H17N3OS.C18H19NO2S.C17H17NO4.ClH/c1-15-22(16(2)24-23-15)25(14-20-7-4-12-27-20)21(26)11-9-17-8-10-18-5-3-6-19(18)13-17;23-20(8-6-15-5-7-18-19(11-15)25-14-24-18)22(13-17-4-2-10-26-17)16-3-1-9-21-12-16;23-20(9-7-15-6-8-17-18(12-15)25-14-24-17)22(13-16-4-3-11-26-16)19-5-1-2-10-21-19;22-18(17-9-16(17)13-5-2-1-3-6-13)21(14-10-19-20-11-14)12-15-7-4-8-23-15;1-2-19(13-16-4-3-11-22-16)18(20)8-6-14-5-7-17-15(12-14)9-10-21-17;1-2-18(10-14-7-8-20-11-14)17(19)6-4-13-3-5-15-16(9-13)22-12-21-15;/h4,7-13H,3,5-6,14H2,1-2H3,(H,23,24);2*1-12H,13-14H2;1-8,10-11,16-17H,9,12H2,(H,19,20);3-8,11-12H,2,9-10,13H2,1H3;3-9,11H,2,10,12H2,1H3;1H/b11-9+;8-6+;9-7+;;8-6+;6-4+;/t;;;16-,17+;;;/m...1.../s1. The Morgan fingerprint density at radius 1 is 0.442 bits per heavy atom. The van der Waals surface area contributed by atoms with Gasteiger partial charge in [0.25, 0.3) is 17.7 Å². The predicted molar refractivity (Wildman–Crippen MR) is 575 cm³/mol. The summed E-state index contributed by atoms with van der Waals surface area (Å²) < 4.78 is 42.5. The SMILES string of the molecule is CCN(Cc1cccs1)C(=O)/C=C/c1ccc2c(c1)CCO2.CCN(Cc1ccoc1)C(=O)/C=C/c1ccc2c(c1)OCO2.Cc1n[nH]c(C)c1N(Cc1cccs1)C(=O)/C=C/c1ccc2c(c1)CCC2.O=C(/C=C/c1ccc2c(c1)OCO2)N(Cc1cccs1)c1ccc[nH+]c1.O=C(/C=C/c1ccc2c(c1)OCO2)N(Cc1cccs1)c1ccccn1.O=C([C@H]1C[C@@H]1c1ccccc1)N(Cc1cccs1)c1cn[nH]c1.[Cl-]. The van der Waals surface area contributed by atoms with Gasteiger partial charge in [0.2, 0.25) is 38.1 Å². The maximum atomic E-state index is 13.1. The largest absolute Gasteiger partial charge is 1.00 e. The zero-order valence-corrected chi connectivity index (χ0v) is 86.2. The number of aryl methyl sites for hydroxylation is 4. The Kier molecular flexibility index (Phi) is 36.9. The summed E-state index contributed by atoms with van der Waals surface area (Å²) in [5.74, 6) is 6.26. The Hall–Kier alpha value is -15.8. The summed E-state index contributed by atoms with van der Waals surface area (Å²) in [5, 5.41) is 24.2. The number of anilines is 4. The van der Waals surface area contributed by atoms with Gasteiger partial charge < -0.3 is 69.6 Å². The van der Waals surface area contributed by atoms with Crippen LogP contribution in [0.25, 0.3) is 30.4 Å². The third-order valence-corrected chi connectivity index (χ3v) is 28.7. The van der Waals surface area contributed by atoms with E-state index in [2.05, 4.69) is 85.0 Å². The van der Waals surface area contributed by atoms with Gasteiger partial charge in [-0.2, -0.15) is 10.2 Å². The normalized spacial score (nSPS) is 13.8. The van der Waals surface area contributed by atoms with Crippen LogP contribution >= 0.6 is 56.7 Å². The van der Waals surface area contributed by atoms with Crippen molar-refractivity contribution in [3.05, 3.63) is 411 Å². The number of H-pyrrole nitrogens is 3. The molecule has 1 fully saturated rings. The Morgan fingerprint density at radius 3 is 1.42 bits per heavy atom. The van der Waals surface area contributed by atoms with Gasteiger partial charge in [0.1, 0.15) is 17.3 Å². The van der Waals surface area contributed by atoms with Gasteiger partial charge in [-0.3, -0.25) is 48.8 Å². The number of aromatic amines is 3. The lowest BCUT2D eigenvalue weighted by Gasteiger charge is -2.21. The number of carbonyl (C=O) groups excluding carboxylic acids is 6. The monoisotopic (exact) mass is 2080 g/mol. The lowest BCUT2D eigenvalue weighted by atomic mass is 10.1. The summed E-state index contributed by atoms with van der Waals surface area (Å²) in [4.78, 5) is 100. The van der Waals surface area contributed by atoms with E-state index in [0.29, 0.717) is 81.3 Å². The van der Waals surface area contributed by atoms with Crippen LogP contribution in [0.4, 0.5) is 22.9 Å². The van der Waals surface area contributed by atoms with Crippen LogP contribution in [0.3, 0.4) is 0 Å². The van der Waals surface area contributed by atoms with Gasteiger partial charge in [0, 0.05) is 111 Å². The summed E-state index contributed by atoms with van der Waals surface area (Å²) in [6.07, 6.45) is 34.7. The van der Waals surface area contributed by atoms with Crippen molar-refractivity contribution >= 4 is 145 Å². The Balaban J connectivity index is 0.000000126. The molecule has 6 aromatic carbocycles. The van der Waals surface area contributed by atoms with Crippen LogP contribution in [0.2, 0.25) is 0 Å². The van der Waals surface area contributed by atoms with E-state index in [1.165, 1.54) is 44.8 Å². The third kappa shape index (κ3) is 28.9. The number of aromatic nitrogens is 6. The first-order valence-corrected chi connectivity index (χ1v) is 52.3. The number of ether oxygens (including phenoxy) is 7. The van der Waals surface area contributed by atoms with Gasteiger partial charge >= 0.3 is 0 Å². The average Bonchev–Trinajstić information content (AvgIpc) is 1.62. The minimum absolute atomic E-state index is 0. The van der Waals surface area contributed by atoms with Gasteiger partial charge in [-0.25, -0.2) is 9.97 Å². The van der Waals surface area contributed by atoms with Crippen molar-refractivity contribution in [3.63, 3.8) is 0 Å². The first-order valence-electron chi connectivity index (χ1n) is 47.9. The van der Waals surface area contributed by atoms with Crippen molar-refractivity contribution in [1.82, 2.24) is 35.2 Å². The molecule has 1 saturated carbocycles. The molecule has 2 aliphatic carbocycles. The second kappa shape index (κ2) is 52.1. The van der Waals surface area contributed by atoms with Gasteiger partial charge in [-0.15, -0.1) is 56.7 Å². The number of pyridine rings is 2. The van der Waals surface area contributed by atoms with Crippen LogP contribution in [0.5, 0.6) is 40.2 Å². The number of amides is 6. The number of furan rings is 1. The lowest BCUT2D eigenvalue weighted by molar-refractivity contribution is -0.377. The summed E-state index contributed by atoms with van der Waals surface area (Å²) in [6.45, 7) is 14.0. The number of nitrogens with one attached hydrogen (secondary N) is 3. The number of hydrogen-bond acceptors (Lipinski definition) is 22. The molecule has 750 valence electrons. The van der Waals surface area contributed by atoms with E-state index in [1.54, 1.807) is 151 Å². The minimum Gasteiger partial charge on any atom is -1.00 e. The summed E-state index contributed by atoms with van der Waals surface area (Å²) in [6, 6.07) is 71.1. The summed E-state index contributed by atoms with van der Waals surface area (Å²) in [5.41, 5.74) is 15.4. The molecule has 14 heterocycles. The van der Waals surface area contributed by atoms with E-state index in [4.69, 9.17) is 37.6 Å². The van der Waals surface area contributed by atoms with Crippen LogP contribution in [0.15, 0.2) is 324 Å². The molecular formula is C115H109ClN12O14S5. The number of benzene rings is 6. The van der Waals surface area contributed by atoms with Crippen molar-refractivity contribution in [3.8, 4) is 40.2 Å². The van der Waals surface area contributed by atoms with E-state index >= 15 is 0 Å². The molecule has 10 aromatic heterocycles. The van der Waals surface area contributed by atoms with E-state index < -0.39 is 0 Å². The second-order valence-corrected chi connectivity index (χ2v) is 39.5. The molecule has 26 nitrogen and oxygen atoms in total. The highest BCUT2D eigenvalue weighted by molar-refractivity contribution is 7.11. The van der Waals surface area contributed by atoms with E-state index in [-0.39, 0.29) is 74.1 Å². The van der Waals surface area contributed by atoms with E-state index in [0.717, 1.165) is 125 Å². The van der Waals surface area contributed by atoms with Gasteiger partial charge in [0.05, 0.1) is 80.8 Å². The third-order valence-electron chi connectivity index (χ3n) is 24.4. The molecule has 0 bridgehead atoms. The molecule has 0 saturated heterocycles. The van der Waals surface area contributed by atoms with Crippen LogP contribution in [-0.2, 0) is 87.3 Å². The highest BCUT2D eigenvalue weighted by Gasteiger charge is 2.46. The topological polar surface area (TPSA) is 284 Å². The molecule has 22 rings (SSSR count). The zero-order valence-electron chi connectivity index (χ0n) is 81.3. The molecule has 0 spiro atoms. The van der Waals surface area contributed by atoms with Gasteiger partial charge in [-0.1, -0.05) is 109 Å². The molecule has 3 N–H and O–H groups in total. The highest BCUT2D eigenvalue weighted by atomic mass is 35.5. The van der Waals surface area contributed by atoms with Gasteiger partial charge in [-0.05, 0) is 270 Å². The number of fused-ring (bicyclic) bond motifs is 5. The highest BCUT2D eigenvalue weighted by Crippen LogP contribution is 2.49. The Morgan fingerprint density at radius 2 is 0.925 bits per heavy atom. The van der Waals surface area contributed by atoms with Crippen molar-refractivity contribution in [1.29, 1.82) is 0 Å². The van der Waals surface area contributed by atoms with Crippen LogP contribution in [0, 0.1) is 19.8 Å². The first kappa shape index (κ1) is 104. The molecule has 6 amide bonds. The molecule has 2 atom stereocenters. The number of likely N-dealkylation sites (N-methyl/N-ethyl adjacent to an activating group) is 2. The summed E-state index contributed by atoms with van der Waals surface area (Å²) in [7, 11) is 0. The molecular weight excluding hydrogens is 1970 g/mol. The molecule has 0 unspecified atom stereocenters. The zero-order chi connectivity index (χ0) is 101. The fourth-order valence-corrected chi connectivity index (χ4v) is 20.3. The lowest BCUT2D eigenvalue weighted by Crippen LogP contribution is -3.00. The maximum absolute atomic E-state index is 13.1. The van der Waals surface area contributed by atoms with Crippen LogP contribution in [-0.4, -0.2) is 111 Å². The second-order valence-electron chi connectivity index (χ2n) is 34.3. The molecule has 32 heteroatoms. The number of hydrogen-bond donors (Lipinski definition) is 2. The van der Waals surface area contributed by atoms with Crippen molar-refractivity contribution < 1.29 is 83.7 Å². The van der Waals surface area contributed by atoms with E-state index in [1.807, 2.05) is 258 Å². The fourth-order valence-electron chi connectivity index (χ4n) is 16.8. The number of rotatable bonds is 30. The number of nitrogens with zero attached hydrogens (tertiary/aromatic N) is 9. The minimum atomic E-state index is -0.130. The smallest absolute Gasteiger partial charge is 0.252 e. The van der Waals surface area contributed by atoms with Crippen LogP contribution in [0.1, 0.15) is 124 Å². The summed E-state index contributed by atoms with van der Waals surface area (Å²) >= 11 is 8.26. The van der Waals surface area contributed by atoms with Crippen molar-refractivity contribution in [2.45, 2.75) is 105 Å². The molecule has 147 heavy (non-hydrogen) atoms. The Bertz CT molecular complexity index is 6850. The van der Waals surface area contributed by atoms with Crippen molar-refractivity contribution in [2.24, 2.45) is 5.92 Å². The molecule has 16 aromatic rings. The van der Waals surface area contributed by atoms with Gasteiger partial charge in [0.15, 0.2) is 46.9 Å². The number of halogens is 1. The van der Waals surface area contributed by atoms with Crippen LogP contribution < -0.4 is 70.1 Å². The quantitative estimate of drug-likeness (QED) is 0.0396. The number of carbonyl (C=O) groups is 6. The maximum Gasteiger partial charge on any atom is 0.252 e.